The molecule has 1 N–H and O–H groups in total. The summed E-state index contributed by atoms with van der Waals surface area (Å²) in [4.78, 5) is 17.2. The van der Waals surface area contributed by atoms with Crippen LogP contribution in [-0.4, -0.2) is 21.5 Å². The Morgan fingerprint density at radius 3 is 2.38 bits per heavy atom. The number of nitrogens with one attached hydrogen (secondary N) is 1. The second-order valence-electron chi connectivity index (χ2n) is 6.91. The van der Waals surface area contributed by atoms with E-state index >= 15 is 0 Å². The molecular formula is C22H19Cl2F3N4O. The van der Waals surface area contributed by atoms with Gasteiger partial charge in [0.2, 0.25) is 0 Å². The molecule has 5 nitrogen and oxygen atoms in total. The maximum atomic E-state index is 13.4. The number of aryl methyl sites for hydroxylation is 1. The SMILES string of the molecule is CCn1nc(C(F)(F)F)c(C)c1CC(=Nc1cccc(Cl)c1)NC(=O)c1cccc(Cl)c1. The number of benzene rings is 2. The van der Waals surface area contributed by atoms with Crippen LogP contribution in [0.2, 0.25) is 10.0 Å². The Morgan fingerprint density at radius 1 is 1.12 bits per heavy atom. The summed E-state index contributed by atoms with van der Waals surface area (Å²) in [6.45, 7) is 3.26. The van der Waals surface area contributed by atoms with Crippen molar-refractivity contribution in [3.63, 3.8) is 0 Å². The lowest BCUT2D eigenvalue weighted by Gasteiger charge is -2.12. The molecule has 1 aromatic heterocycles. The average molecular weight is 483 g/mol. The number of aromatic nitrogens is 2. The molecule has 0 atom stereocenters. The first-order valence-corrected chi connectivity index (χ1v) is 10.4. The molecule has 1 amide bonds. The Morgan fingerprint density at radius 2 is 1.78 bits per heavy atom. The first kappa shape index (κ1) is 23.8. The van der Waals surface area contributed by atoms with Gasteiger partial charge in [-0.2, -0.15) is 18.3 Å². The van der Waals surface area contributed by atoms with E-state index in [0.29, 0.717) is 21.4 Å². The van der Waals surface area contributed by atoms with E-state index in [0.717, 1.165) is 0 Å². The molecule has 32 heavy (non-hydrogen) atoms. The third-order valence-electron chi connectivity index (χ3n) is 4.64. The van der Waals surface area contributed by atoms with Crippen LogP contribution in [0.1, 0.15) is 34.2 Å². The Bertz CT molecular complexity index is 1170. The van der Waals surface area contributed by atoms with Crippen molar-refractivity contribution >= 4 is 40.6 Å². The number of carbonyl (C=O) groups is 1. The highest BCUT2D eigenvalue weighted by Crippen LogP contribution is 2.32. The van der Waals surface area contributed by atoms with Gasteiger partial charge in [-0.15, -0.1) is 0 Å². The van der Waals surface area contributed by atoms with Gasteiger partial charge in [0.1, 0.15) is 5.84 Å². The van der Waals surface area contributed by atoms with Gasteiger partial charge >= 0.3 is 6.18 Å². The number of amides is 1. The molecule has 0 aliphatic heterocycles. The molecule has 0 saturated carbocycles. The van der Waals surface area contributed by atoms with E-state index in [1.165, 1.54) is 17.7 Å². The quantitative estimate of drug-likeness (QED) is 0.345. The van der Waals surface area contributed by atoms with Crippen LogP contribution >= 0.6 is 23.2 Å². The van der Waals surface area contributed by atoms with Gasteiger partial charge < -0.3 is 5.32 Å². The zero-order valence-electron chi connectivity index (χ0n) is 17.2. The molecule has 168 valence electrons. The van der Waals surface area contributed by atoms with Crippen LogP contribution in [0.3, 0.4) is 0 Å². The number of amidine groups is 1. The van der Waals surface area contributed by atoms with E-state index in [9.17, 15) is 18.0 Å². The topological polar surface area (TPSA) is 59.3 Å². The number of nitrogens with zero attached hydrogens (tertiary/aromatic N) is 3. The predicted octanol–water partition coefficient (Wildman–Crippen LogP) is 6.24. The average Bonchev–Trinajstić information content (AvgIpc) is 3.04. The van der Waals surface area contributed by atoms with Gasteiger partial charge in [0.25, 0.3) is 5.91 Å². The molecule has 0 radical (unpaired) electrons. The molecule has 0 saturated heterocycles. The Kier molecular flexibility index (Phi) is 7.26. The minimum atomic E-state index is -4.59. The maximum Gasteiger partial charge on any atom is 0.435 e. The Labute approximate surface area is 192 Å². The van der Waals surface area contributed by atoms with Crippen LogP contribution in [-0.2, 0) is 19.1 Å². The molecule has 0 unspecified atom stereocenters. The summed E-state index contributed by atoms with van der Waals surface area (Å²) in [7, 11) is 0. The number of halogens is 5. The van der Waals surface area contributed by atoms with E-state index in [2.05, 4.69) is 15.4 Å². The minimum absolute atomic E-state index is 0.0184. The van der Waals surface area contributed by atoms with Gasteiger partial charge in [-0.1, -0.05) is 35.3 Å². The molecule has 2 aromatic carbocycles. The van der Waals surface area contributed by atoms with Gasteiger partial charge in [-0.05, 0) is 50.2 Å². The molecule has 3 rings (SSSR count). The van der Waals surface area contributed by atoms with Crippen LogP contribution in [0, 0.1) is 6.92 Å². The van der Waals surface area contributed by atoms with Crippen molar-refractivity contribution in [2.45, 2.75) is 33.0 Å². The molecule has 0 aliphatic carbocycles. The van der Waals surface area contributed by atoms with E-state index in [4.69, 9.17) is 23.2 Å². The summed E-state index contributed by atoms with van der Waals surface area (Å²) in [5, 5.41) is 7.21. The van der Waals surface area contributed by atoms with Gasteiger partial charge in [0, 0.05) is 39.8 Å². The van der Waals surface area contributed by atoms with Gasteiger partial charge in [0.15, 0.2) is 5.69 Å². The van der Waals surface area contributed by atoms with Crippen molar-refractivity contribution < 1.29 is 18.0 Å². The maximum absolute atomic E-state index is 13.4. The smallest absolute Gasteiger partial charge is 0.310 e. The lowest BCUT2D eigenvalue weighted by molar-refractivity contribution is -0.141. The molecule has 0 bridgehead atoms. The summed E-state index contributed by atoms with van der Waals surface area (Å²) in [6.07, 6.45) is -4.67. The number of carbonyl (C=O) groups excluding carboxylic acids is 1. The minimum Gasteiger partial charge on any atom is -0.310 e. The van der Waals surface area contributed by atoms with E-state index < -0.39 is 17.8 Å². The highest BCUT2D eigenvalue weighted by Gasteiger charge is 2.37. The predicted molar refractivity (Wildman–Crippen MR) is 119 cm³/mol. The van der Waals surface area contributed by atoms with Crippen LogP contribution in [0.4, 0.5) is 18.9 Å². The van der Waals surface area contributed by atoms with Crippen molar-refractivity contribution in [2.75, 3.05) is 0 Å². The molecule has 3 aromatic rings. The molecular weight excluding hydrogens is 464 g/mol. The summed E-state index contributed by atoms with van der Waals surface area (Å²) in [6, 6.07) is 12.9. The zero-order valence-corrected chi connectivity index (χ0v) is 18.7. The summed E-state index contributed by atoms with van der Waals surface area (Å²) < 4.78 is 41.4. The zero-order chi connectivity index (χ0) is 23.5. The molecule has 10 heteroatoms. The van der Waals surface area contributed by atoms with Crippen molar-refractivity contribution in [3.8, 4) is 0 Å². The standard InChI is InChI=1S/C22H19Cl2F3N4O/c1-3-31-18(13(2)20(30-31)22(25,26)27)12-19(28-17-9-5-8-16(24)11-17)29-21(32)14-6-4-7-15(23)10-14/h4-11H,3,12H2,1-2H3,(H,28,29,32). The fraction of sp³-hybridized carbons (Fsp3) is 0.227. The van der Waals surface area contributed by atoms with E-state index in [1.807, 2.05) is 0 Å². The highest BCUT2D eigenvalue weighted by atomic mass is 35.5. The monoisotopic (exact) mass is 482 g/mol. The van der Waals surface area contributed by atoms with E-state index in [1.54, 1.807) is 49.4 Å². The third kappa shape index (κ3) is 5.69. The second kappa shape index (κ2) is 9.75. The Balaban J connectivity index is 2.02. The molecule has 0 spiro atoms. The lowest BCUT2D eigenvalue weighted by Crippen LogP contribution is -2.32. The van der Waals surface area contributed by atoms with Crippen molar-refractivity contribution in [1.29, 1.82) is 0 Å². The van der Waals surface area contributed by atoms with Gasteiger partial charge in [0.05, 0.1) is 5.69 Å². The van der Waals surface area contributed by atoms with Crippen LogP contribution < -0.4 is 5.32 Å². The number of rotatable bonds is 5. The van der Waals surface area contributed by atoms with Crippen molar-refractivity contribution in [2.24, 2.45) is 4.99 Å². The molecule has 1 heterocycles. The van der Waals surface area contributed by atoms with Gasteiger partial charge in [-0.3, -0.25) is 9.48 Å². The second-order valence-corrected chi connectivity index (χ2v) is 7.79. The van der Waals surface area contributed by atoms with E-state index in [-0.39, 0.29) is 29.9 Å². The third-order valence-corrected chi connectivity index (χ3v) is 5.11. The normalized spacial score (nSPS) is 12.2. The first-order chi connectivity index (χ1) is 15.1. The summed E-state index contributed by atoms with van der Waals surface area (Å²) in [5.74, 6) is -0.354. The summed E-state index contributed by atoms with van der Waals surface area (Å²) in [5.41, 5.74) is 0.0444. The van der Waals surface area contributed by atoms with Crippen LogP contribution in [0.15, 0.2) is 53.5 Å². The number of hydrogen-bond donors (Lipinski definition) is 1. The van der Waals surface area contributed by atoms with Crippen molar-refractivity contribution in [3.05, 3.63) is 81.1 Å². The number of aliphatic imine (C=N–C) groups is 1. The van der Waals surface area contributed by atoms with Crippen LogP contribution in [0.25, 0.3) is 0 Å². The fourth-order valence-corrected chi connectivity index (χ4v) is 3.52. The van der Waals surface area contributed by atoms with Gasteiger partial charge in [-0.25, -0.2) is 4.99 Å². The first-order valence-electron chi connectivity index (χ1n) is 9.62. The number of alkyl halides is 3. The molecule has 0 fully saturated rings. The van der Waals surface area contributed by atoms with Crippen LogP contribution in [0.5, 0.6) is 0 Å². The Hall–Kier alpha value is -2.84. The fourth-order valence-electron chi connectivity index (χ4n) is 3.15. The lowest BCUT2D eigenvalue weighted by atomic mass is 10.1. The molecule has 0 aliphatic rings. The number of hydrogen-bond acceptors (Lipinski definition) is 3. The largest absolute Gasteiger partial charge is 0.435 e. The van der Waals surface area contributed by atoms with Crippen molar-refractivity contribution in [1.82, 2.24) is 15.1 Å². The summed E-state index contributed by atoms with van der Waals surface area (Å²) >= 11 is 12.0. The highest BCUT2D eigenvalue weighted by molar-refractivity contribution is 6.31.